The molecule has 0 spiro atoms. The van der Waals surface area contributed by atoms with Gasteiger partial charge in [0.25, 0.3) is 20.2 Å². The number of thioether (sulfide) groups is 2. The Morgan fingerprint density at radius 1 is 0.765 bits per heavy atom. The second kappa shape index (κ2) is 8.04. The van der Waals surface area contributed by atoms with Gasteiger partial charge in [-0.15, -0.1) is 0 Å². The van der Waals surface area contributed by atoms with E-state index in [0.717, 1.165) is 27.2 Å². The minimum atomic E-state index is -4.78. The molecule has 2 aromatic rings. The third-order valence-electron chi connectivity index (χ3n) is 5.69. The fraction of sp³-hybridized carbons (Fsp3) is 0.455. The topological polar surface area (TPSA) is 133 Å². The number of hydrogen-bond donors (Lipinski definition) is 4. The Kier molecular flexibility index (Phi) is 6.06. The summed E-state index contributed by atoms with van der Waals surface area (Å²) in [5.41, 5.74) is 1.63. The molecular weight excluding hydrogens is 517 g/mol. The monoisotopic (exact) mass is 544 g/mol. The number of anilines is 2. The molecule has 2 unspecified atom stereocenters. The van der Waals surface area contributed by atoms with Gasteiger partial charge in [-0.25, -0.2) is 0 Å². The number of hydrogen-bond acceptors (Lipinski definition) is 8. The maximum atomic E-state index is 12.2. The Hall–Kier alpha value is -1.44. The minimum Gasteiger partial charge on any atom is -0.372 e. The first-order valence-corrected chi connectivity index (χ1v) is 15.2. The minimum absolute atomic E-state index is 0.0553. The van der Waals surface area contributed by atoms with Gasteiger partial charge in [0.1, 0.15) is 10.3 Å². The largest absolute Gasteiger partial charge is 0.372 e. The first-order valence-electron chi connectivity index (χ1n) is 10.5. The lowest BCUT2D eigenvalue weighted by Crippen LogP contribution is -2.27. The Labute approximate surface area is 209 Å². The highest BCUT2D eigenvalue weighted by molar-refractivity contribution is 8.01. The van der Waals surface area contributed by atoms with E-state index in [2.05, 4.69) is 31.4 Å². The van der Waals surface area contributed by atoms with Crippen LogP contribution in [0.1, 0.15) is 58.0 Å². The normalized spacial score (nSPS) is 20.5. The molecule has 0 saturated carbocycles. The lowest BCUT2D eigenvalue weighted by atomic mass is 9.86. The molecule has 0 aliphatic carbocycles. The quantitative estimate of drug-likeness (QED) is 0.363. The molecule has 4 rings (SSSR count). The van der Waals surface area contributed by atoms with Crippen molar-refractivity contribution >= 4 is 55.1 Å². The van der Waals surface area contributed by atoms with Crippen LogP contribution in [0.4, 0.5) is 11.4 Å². The van der Waals surface area contributed by atoms with Crippen LogP contribution in [0.5, 0.6) is 0 Å². The maximum absolute atomic E-state index is 12.2. The van der Waals surface area contributed by atoms with E-state index < -0.39 is 40.8 Å². The maximum Gasteiger partial charge on any atom is 0.294 e. The predicted octanol–water partition coefficient (Wildman–Crippen LogP) is 5.58. The Bertz CT molecular complexity index is 1350. The second-order valence-electron chi connectivity index (χ2n) is 10.6. The molecule has 0 amide bonds. The fourth-order valence-electron chi connectivity index (χ4n) is 3.92. The van der Waals surface area contributed by atoms with Gasteiger partial charge in [-0.2, -0.15) is 16.8 Å². The zero-order valence-electron chi connectivity index (χ0n) is 19.6. The SMILES string of the molecule is CC(C)(C)c1cc(C2Nc3cc4c(cc3S2)NC(C(C)(C)C)S4)c(S(=O)(=O)O)cc1S(=O)(=O)O. The van der Waals surface area contributed by atoms with Gasteiger partial charge in [0.05, 0.1) is 21.6 Å². The molecule has 0 aromatic heterocycles. The zero-order chi connectivity index (χ0) is 25.4. The van der Waals surface area contributed by atoms with Crippen LogP contribution in [-0.4, -0.2) is 31.3 Å². The predicted molar refractivity (Wildman–Crippen MR) is 136 cm³/mol. The van der Waals surface area contributed by atoms with Crippen LogP contribution in [0, 0.1) is 5.41 Å². The van der Waals surface area contributed by atoms with Gasteiger partial charge in [-0.05, 0) is 40.7 Å². The zero-order valence-corrected chi connectivity index (χ0v) is 22.9. The highest BCUT2D eigenvalue weighted by Gasteiger charge is 2.37. The summed E-state index contributed by atoms with van der Waals surface area (Å²) in [6.45, 7) is 11.8. The van der Waals surface area contributed by atoms with Crippen LogP contribution in [0.15, 0.2) is 43.8 Å². The van der Waals surface area contributed by atoms with E-state index in [1.165, 1.54) is 17.8 Å². The number of benzene rings is 2. The van der Waals surface area contributed by atoms with E-state index >= 15 is 0 Å². The molecule has 34 heavy (non-hydrogen) atoms. The van der Waals surface area contributed by atoms with Crippen molar-refractivity contribution in [2.24, 2.45) is 5.41 Å². The molecule has 0 radical (unpaired) electrons. The van der Waals surface area contributed by atoms with E-state index in [1.807, 2.05) is 12.1 Å². The second-order valence-corrected chi connectivity index (χ2v) is 15.7. The number of fused-ring (bicyclic) bond motifs is 2. The molecule has 0 fully saturated rings. The summed E-state index contributed by atoms with van der Waals surface area (Å²) in [7, 11) is -9.51. The van der Waals surface area contributed by atoms with Gasteiger partial charge < -0.3 is 10.6 Å². The molecule has 0 saturated heterocycles. The van der Waals surface area contributed by atoms with Crippen molar-refractivity contribution in [3.63, 3.8) is 0 Å². The molecule has 186 valence electrons. The lowest BCUT2D eigenvalue weighted by Gasteiger charge is -2.26. The summed E-state index contributed by atoms with van der Waals surface area (Å²) in [6.07, 6.45) is 0. The summed E-state index contributed by atoms with van der Waals surface area (Å²) >= 11 is 3.11. The van der Waals surface area contributed by atoms with E-state index in [4.69, 9.17) is 0 Å². The molecule has 2 aliphatic rings. The lowest BCUT2D eigenvalue weighted by molar-refractivity contribution is 0.419. The third kappa shape index (κ3) is 4.80. The van der Waals surface area contributed by atoms with E-state index in [9.17, 15) is 25.9 Å². The highest BCUT2D eigenvalue weighted by atomic mass is 32.2. The van der Waals surface area contributed by atoms with Crippen LogP contribution in [0.25, 0.3) is 0 Å². The summed E-state index contributed by atoms with van der Waals surface area (Å²) in [6, 6.07) is 6.33. The fourth-order valence-corrected chi connectivity index (χ4v) is 8.13. The van der Waals surface area contributed by atoms with Crippen molar-refractivity contribution in [1.82, 2.24) is 0 Å². The molecular formula is C22H28N2O6S4. The molecule has 0 bridgehead atoms. The van der Waals surface area contributed by atoms with Crippen LogP contribution in [-0.2, 0) is 25.7 Å². The third-order valence-corrected chi connectivity index (χ3v) is 10.3. The van der Waals surface area contributed by atoms with Crippen LogP contribution < -0.4 is 10.6 Å². The van der Waals surface area contributed by atoms with Crippen molar-refractivity contribution in [3.05, 3.63) is 35.4 Å². The van der Waals surface area contributed by atoms with Crippen molar-refractivity contribution in [3.8, 4) is 0 Å². The van der Waals surface area contributed by atoms with Gasteiger partial charge >= 0.3 is 0 Å². The van der Waals surface area contributed by atoms with Gasteiger partial charge in [-0.1, -0.05) is 65.1 Å². The summed E-state index contributed by atoms with van der Waals surface area (Å²) in [5.74, 6) is 0. The standard InChI is InChI=1S/C22H28N2O6S4/c1-21(2,3)12-7-11(17(33(25,26)27)10-18(12)34(28,29)30)19-23-13-8-16-14(9-15(13)31-19)24-20(32-16)22(4,5)6/h7-10,19-20,23-24H,1-6H3,(H,25,26,27)(H,28,29,30). The van der Waals surface area contributed by atoms with Gasteiger partial charge in [-0.3, -0.25) is 9.11 Å². The highest BCUT2D eigenvalue weighted by Crippen LogP contribution is 2.54. The Morgan fingerprint density at radius 2 is 1.29 bits per heavy atom. The Balaban J connectivity index is 1.79. The van der Waals surface area contributed by atoms with E-state index in [1.54, 1.807) is 32.5 Å². The molecule has 2 atom stereocenters. The first-order chi connectivity index (χ1) is 15.4. The molecule has 2 aromatic carbocycles. The van der Waals surface area contributed by atoms with Gasteiger partial charge in [0.15, 0.2) is 0 Å². The summed E-state index contributed by atoms with van der Waals surface area (Å²) in [4.78, 5) is 0.895. The van der Waals surface area contributed by atoms with Crippen LogP contribution >= 0.6 is 23.5 Å². The van der Waals surface area contributed by atoms with Gasteiger partial charge in [0, 0.05) is 15.4 Å². The smallest absolute Gasteiger partial charge is 0.294 e. The van der Waals surface area contributed by atoms with E-state index in [-0.39, 0.29) is 21.9 Å². The van der Waals surface area contributed by atoms with Crippen molar-refractivity contribution in [2.75, 3.05) is 10.6 Å². The van der Waals surface area contributed by atoms with Crippen molar-refractivity contribution < 1.29 is 25.9 Å². The molecule has 4 N–H and O–H groups in total. The average Bonchev–Trinajstić information content (AvgIpc) is 3.25. The molecule has 8 nitrogen and oxygen atoms in total. The average molecular weight is 545 g/mol. The Morgan fingerprint density at radius 3 is 1.79 bits per heavy atom. The van der Waals surface area contributed by atoms with Gasteiger partial charge in [0.2, 0.25) is 0 Å². The molecule has 12 heteroatoms. The van der Waals surface area contributed by atoms with E-state index in [0.29, 0.717) is 0 Å². The molecule has 2 heterocycles. The van der Waals surface area contributed by atoms with Crippen LogP contribution in [0.2, 0.25) is 0 Å². The summed E-state index contributed by atoms with van der Waals surface area (Å²) < 4.78 is 68.3. The summed E-state index contributed by atoms with van der Waals surface area (Å²) in [5, 5.41) is 6.49. The van der Waals surface area contributed by atoms with Crippen molar-refractivity contribution in [2.45, 2.75) is 77.3 Å². The van der Waals surface area contributed by atoms with Crippen molar-refractivity contribution in [1.29, 1.82) is 0 Å². The van der Waals surface area contributed by atoms with Crippen LogP contribution in [0.3, 0.4) is 0 Å². The molecule has 2 aliphatic heterocycles. The number of rotatable bonds is 3. The number of nitrogens with one attached hydrogen (secondary N) is 2. The first kappa shape index (κ1) is 25.6.